The van der Waals surface area contributed by atoms with Crippen molar-refractivity contribution in [2.45, 2.75) is 6.42 Å². The molecule has 1 atom stereocenters. The molecule has 0 spiro atoms. The molecular weight excluding hydrogens is 344 g/mol. The second-order valence-corrected chi connectivity index (χ2v) is 8.60. The molecule has 2 heterocycles. The van der Waals surface area contributed by atoms with Crippen LogP contribution in [0.25, 0.3) is 11.3 Å². The fourth-order valence-electron chi connectivity index (χ4n) is 2.33. The van der Waals surface area contributed by atoms with Gasteiger partial charge in [-0.2, -0.15) is 0 Å². The number of carbonyl (C=O) groups excluding carboxylic acids is 1. The molecule has 8 heteroatoms. The number of amides is 1. The number of rotatable bonds is 3. The Morgan fingerprint density at radius 1 is 1.36 bits per heavy atom. The third-order valence-corrected chi connectivity index (χ3v) is 6.34. The summed E-state index contributed by atoms with van der Waals surface area (Å²) >= 11 is 7.41. The number of aromatic nitrogens is 1. The third kappa shape index (κ3) is 3.31. The van der Waals surface area contributed by atoms with E-state index in [1.54, 1.807) is 6.07 Å². The minimum atomic E-state index is -3.07. The average Bonchev–Trinajstić information content (AvgIpc) is 3.06. The van der Waals surface area contributed by atoms with E-state index in [1.807, 2.05) is 23.6 Å². The maximum atomic E-state index is 12.1. The highest BCUT2D eigenvalue weighted by Gasteiger charge is 2.33. The summed E-state index contributed by atoms with van der Waals surface area (Å²) in [5.41, 5.74) is 1.48. The van der Waals surface area contributed by atoms with E-state index in [1.165, 1.54) is 11.3 Å². The van der Waals surface area contributed by atoms with Crippen molar-refractivity contribution in [1.29, 1.82) is 0 Å². The van der Waals surface area contributed by atoms with Gasteiger partial charge in [-0.25, -0.2) is 13.4 Å². The highest BCUT2D eigenvalue weighted by atomic mass is 35.5. The lowest BCUT2D eigenvalue weighted by atomic mass is 10.1. The second kappa shape index (κ2) is 5.98. The average molecular weight is 357 g/mol. The molecule has 3 rings (SSSR count). The molecule has 1 aliphatic heterocycles. The van der Waals surface area contributed by atoms with Crippen molar-refractivity contribution in [2.24, 2.45) is 5.92 Å². The highest BCUT2D eigenvalue weighted by Crippen LogP contribution is 2.30. The summed E-state index contributed by atoms with van der Waals surface area (Å²) in [5, 5.41) is 5.54. The molecule has 0 saturated carbocycles. The van der Waals surface area contributed by atoms with Crippen LogP contribution in [0.1, 0.15) is 6.42 Å². The number of benzene rings is 1. The zero-order valence-electron chi connectivity index (χ0n) is 11.5. The summed E-state index contributed by atoms with van der Waals surface area (Å²) in [6.45, 7) is 0. The Morgan fingerprint density at radius 2 is 2.14 bits per heavy atom. The molecule has 5 nitrogen and oxygen atoms in total. The van der Waals surface area contributed by atoms with Crippen LogP contribution in [-0.4, -0.2) is 30.8 Å². The molecule has 1 aromatic carbocycles. The lowest BCUT2D eigenvalue weighted by Gasteiger charge is -2.06. The molecule has 1 N–H and O–H groups in total. The summed E-state index contributed by atoms with van der Waals surface area (Å²) in [5.74, 6) is -0.783. The van der Waals surface area contributed by atoms with Crippen LogP contribution in [0.3, 0.4) is 0 Å². The molecule has 1 saturated heterocycles. The lowest BCUT2D eigenvalue weighted by Crippen LogP contribution is -2.23. The molecule has 0 bridgehead atoms. The lowest BCUT2D eigenvalue weighted by molar-refractivity contribution is -0.119. The summed E-state index contributed by atoms with van der Waals surface area (Å²) in [4.78, 5) is 16.4. The van der Waals surface area contributed by atoms with Crippen LogP contribution < -0.4 is 5.32 Å². The quantitative estimate of drug-likeness (QED) is 0.917. The zero-order valence-corrected chi connectivity index (χ0v) is 13.8. The minimum Gasteiger partial charge on any atom is -0.302 e. The third-order valence-electron chi connectivity index (χ3n) is 3.49. The van der Waals surface area contributed by atoms with Crippen molar-refractivity contribution in [3.05, 3.63) is 34.7 Å². The predicted octanol–water partition coefficient (Wildman–Crippen LogP) is 2.84. The largest absolute Gasteiger partial charge is 0.302 e. The van der Waals surface area contributed by atoms with E-state index in [-0.39, 0.29) is 17.4 Å². The summed E-state index contributed by atoms with van der Waals surface area (Å²) in [6, 6.07) is 7.33. The van der Waals surface area contributed by atoms with Gasteiger partial charge in [-0.05, 0) is 12.5 Å². The monoisotopic (exact) mass is 356 g/mol. The Morgan fingerprint density at radius 3 is 2.82 bits per heavy atom. The Bertz CT molecular complexity index is 817. The number of anilines is 1. The fourth-order valence-corrected chi connectivity index (χ4v) is 5.02. The Labute approximate surface area is 137 Å². The van der Waals surface area contributed by atoms with Gasteiger partial charge in [0.2, 0.25) is 5.91 Å². The van der Waals surface area contributed by atoms with Gasteiger partial charge in [-0.15, -0.1) is 11.3 Å². The Balaban J connectivity index is 1.73. The normalized spacial score (nSPS) is 20.0. The van der Waals surface area contributed by atoms with Crippen LogP contribution in [-0.2, 0) is 14.6 Å². The zero-order chi connectivity index (χ0) is 15.7. The molecule has 1 amide bonds. The maximum Gasteiger partial charge on any atom is 0.230 e. The van der Waals surface area contributed by atoms with Crippen molar-refractivity contribution in [3.63, 3.8) is 0 Å². The first-order chi connectivity index (χ1) is 10.4. The van der Waals surface area contributed by atoms with Gasteiger partial charge in [0.1, 0.15) is 0 Å². The molecule has 2 aromatic rings. The molecule has 1 unspecified atom stereocenters. The van der Waals surface area contributed by atoms with Crippen LogP contribution in [0, 0.1) is 5.92 Å². The van der Waals surface area contributed by atoms with E-state index < -0.39 is 15.8 Å². The molecule has 0 aliphatic carbocycles. The van der Waals surface area contributed by atoms with Crippen LogP contribution in [0.4, 0.5) is 5.13 Å². The van der Waals surface area contributed by atoms with Crippen molar-refractivity contribution in [1.82, 2.24) is 4.98 Å². The second-order valence-electron chi connectivity index (χ2n) is 5.11. The SMILES string of the molecule is O=C(Nc1nc(-c2ccccc2Cl)cs1)C1CCS(=O)(=O)C1. The Hall–Kier alpha value is -1.44. The van der Waals surface area contributed by atoms with Gasteiger partial charge in [0.25, 0.3) is 0 Å². The molecular formula is C14H13ClN2O3S2. The highest BCUT2D eigenvalue weighted by molar-refractivity contribution is 7.91. The van der Waals surface area contributed by atoms with Crippen molar-refractivity contribution in [2.75, 3.05) is 16.8 Å². The molecule has 0 radical (unpaired) electrons. The van der Waals surface area contributed by atoms with Crippen LogP contribution in [0.5, 0.6) is 0 Å². The molecule has 1 aliphatic rings. The number of nitrogens with zero attached hydrogens (tertiary/aromatic N) is 1. The standard InChI is InChI=1S/C14H13ClN2O3S2/c15-11-4-2-1-3-10(11)12-7-21-14(16-12)17-13(18)9-5-6-22(19,20)8-9/h1-4,7,9H,5-6,8H2,(H,16,17,18). The number of halogens is 1. The van der Waals surface area contributed by atoms with E-state index in [2.05, 4.69) is 10.3 Å². The first-order valence-corrected chi connectivity index (χ1v) is 9.74. The van der Waals surface area contributed by atoms with Gasteiger partial charge in [0.05, 0.1) is 23.1 Å². The first-order valence-electron chi connectivity index (χ1n) is 6.66. The topological polar surface area (TPSA) is 76.1 Å². The van der Waals surface area contributed by atoms with E-state index in [9.17, 15) is 13.2 Å². The van der Waals surface area contributed by atoms with Crippen LogP contribution >= 0.6 is 22.9 Å². The number of hydrogen-bond donors (Lipinski definition) is 1. The van der Waals surface area contributed by atoms with E-state index >= 15 is 0 Å². The summed E-state index contributed by atoms with van der Waals surface area (Å²) < 4.78 is 22.8. The van der Waals surface area contributed by atoms with Gasteiger partial charge < -0.3 is 5.32 Å². The predicted molar refractivity (Wildman–Crippen MR) is 88.0 cm³/mol. The van der Waals surface area contributed by atoms with E-state index in [4.69, 9.17) is 11.6 Å². The van der Waals surface area contributed by atoms with Crippen molar-refractivity contribution in [3.8, 4) is 11.3 Å². The summed E-state index contributed by atoms with van der Waals surface area (Å²) in [7, 11) is -3.07. The first kappa shape index (κ1) is 15.5. The molecule has 1 fully saturated rings. The maximum absolute atomic E-state index is 12.1. The van der Waals surface area contributed by atoms with Gasteiger partial charge in [-0.1, -0.05) is 29.8 Å². The van der Waals surface area contributed by atoms with Crippen LogP contribution in [0.15, 0.2) is 29.6 Å². The van der Waals surface area contributed by atoms with Crippen molar-refractivity contribution < 1.29 is 13.2 Å². The van der Waals surface area contributed by atoms with Gasteiger partial charge >= 0.3 is 0 Å². The van der Waals surface area contributed by atoms with Crippen molar-refractivity contribution >= 4 is 43.8 Å². The van der Waals surface area contributed by atoms with E-state index in [0.29, 0.717) is 22.3 Å². The number of thiazole rings is 1. The van der Waals surface area contributed by atoms with E-state index in [0.717, 1.165) is 5.56 Å². The van der Waals surface area contributed by atoms with Crippen LogP contribution in [0.2, 0.25) is 5.02 Å². The molecule has 116 valence electrons. The number of carbonyl (C=O) groups is 1. The van der Waals surface area contributed by atoms with Gasteiger partial charge in [0, 0.05) is 16.0 Å². The number of sulfone groups is 1. The van der Waals surface area contributed by atoms with Gasteiger partial charge in [-0.3, -0.25) is 4.79 Å². The van der Waals surface area contributed by atoms with Gasteiger partial charge in [0.15, 0.2) is 15.0 Å². The minimum absolute atomic E-state index is 0.0772. The molecule has 22 heavy (non-hydrogen) atoms. The fraction of sp³-hybridized carbons (Fsp3) is 0.286. The smallest absolute Gasteiger partial charge is 0.230 e. The Kier molecular flexibility index (Phi) is 4.20. The summed E-state index contributed by atoms with van der Waals surface area (Å²) in [6.07, 6.45) is 0.372. The number of nitrogens with one attached hydrogen (secondary N) is 1. The molecule has 1 aromatic heterocycles. The number of hydrogen-bond acceptors (Lipinski definition) is 5.